The summed E-state index contributed by atoms with van der Waals surface area (Å²) >= 11 is 0. The lowest BCUT2D eigenvalue weighted by atomic mass is 9.98. The molecule has 3 nitrogen and oxygen atoms in total. The molecule has 24 heavy (non-hydrogen) atoms. The van der Waals surface area contributed by atoms with Crippen LogP contribution in [0.25, 0.3) is 10.9 Å². The van der Waals surface area contributed by atoms with Crippen LogP contribution in [0.15, 0.2) is 24.3 Å². The summed E-state index contributed by atoms with van der Waals surface area (Å²) in [6, 6.07) is 3.56. The van der Waals surface area contributed by atoms with Crippen molar-refractivity contribution in [1.82, 2.24) is 10.3 Å². The zero-order valence-corrected chi connectivity index (χ0v) is 12.5. The number of alkyl halides is 6. The summed E-state index contributed by atoms with van der Waals surface area (Å²) in [5.41, 5.74) is -3.79. The molecule has 0 aliphatic rings. The highest BCUT2D eigenvalue weighted by Crippen LogP contribution is 2.39. The number of fused-ring (bicyclic) bond motifs is 1. The average Bonchev–Trinajstić information content (AvgIpc) is 2.49. The highest BCUT2D eigenvalue weighted by atomic mass is 19.4. The molecule has 132 valence electrons. The number of nitrogens with zero attached hydrogens (tertiary/aromatic N) is 1. The van der Waals surface area contributed by atoms with E-state index in [2.05, 4.69) is 10.3 Å². The summed E-state index contributed by atoms with van der Waals surface area (Å²) in [4.78, 5) is 3.16. The predicted molar refractivity (Wildman–Crippen MR) is 75.3 cm³/mol. The molecular weight excluding hydrogens is 338 g/mol. The molecule has 0 aliphatic heterocycles. The van der Waals surface area contributed by atoms with Crippen molar-refractivity contribution >= 4 is 10.9 Å². The van der Waals surface area contributed by atoms with Crippen molar-refractivity contribution in [2.75, 3.05) is 13.6 Å². The van der Waals surface area contributed by atoms with Gasteiger partial charge in [0.05, 0.1) is 17.2 Å². The van der Waals surface area contributed by atoms with E-state index in [1.807, 2.05) is 0 Å². The number of benzene rings is 1. The van der Waals surface area contributed by atoms with E-state index in [1.54, 1.807) is 7.05 Å². The predicted octanol–water partition coefficient (Wildman–Crippen LogP) is 3.92. The molecule has 0 unspecified atom stereocenters. The zero-order valence-electron chi connectivity index (χ0n) is 12.5. The first-order chi connectivity index (χ1) is 11.1. The summed E-state index contributed by atoms with van der Waals surface area (Å²) in [6.07, 6.45) is -11.1. The van der Waals surface area contributed by atoms with Crippen molar-refractivity contribution in [3.8, 4) is 0 Å². The maximum absolute atomic E-state index is 13.1. The first kappa shape index (κ1) is 18.5. The van der Waals surface area contributed by atoms with Crippen LogP contribution in [0.1, 0.15) is 29.3 Å². The van der Waals surface area contributed by atoms with Crippen LogP contribution in [0, 0.1) is 0 Å². The molecule has 0 amide bonds. The fraction of sp³-hybridized carbons (Fsp3) is 0.400. The van der Waals surface area contributed by atoms with Crippen molar-refractivity contribution in [3.63, 3.8) is 0 Å². The van der Waals surface area contributed by atoms with Crippen LogP contribution < -0.4 is 5.32 Å². The van der Waals surface area contributed by atoms with Crippen molar-refractivity contribution in [2.45, 2.75) is 24.9 Å². The zero-order chi connectivity index (χ0) is 18.1. The summed E-state index contributed by atoms with van der Waals surface area (Å²) in [5.74, 6) is 0. The summed E-state index contributed by atoms with van der Waals surface area (Å²) in [7, 11) is 1.58. The maximum atomic E-state index is 13.1. The number of rotatable bonds is 4. The molecule has 0 radical (unpaired) electrons. The van der Waals surface area contributed by atoms with Crippen LogP contribution in [0.5, 0.6) is 0 Å². The Labute approximate surface area is 133 Å². The minimum Gasteiger partial charge on any atom is -0.388 e. The molecular formula is C15H14F6N2O. The van der Waals surface area contributed by atoms with E-state index in [-0.39, 0.29) is 23.9 Å². The largest absolute Gasteiger partial charge is 0.433 e. The number of halogens is 6. The first-order valence-electron chi connectivity index (χ1n) is 6.96. The smallest absolute Gasteiger partial charge is 0.388 e. The topological polar surface area (TPSA) is 45.1 Å². The van der Waals surface area contributed by atoms with E-state index < -0.39 is 35.2 Å². The maximum Gasteiger partial charge on any atom is 0.433 e. The van der Waals surface area contributed by atoms with E-state index in [0.717, 1.165) is 6.07 Å². The lowest BCUT2D eigenvalue weighted by Crippen LogP contribution is -2.16. The third-order valence-electron chi connectivity index (χ3n) is 3.49. The van der Waals surface area contributed by atoms with Crippen LogP contribution in [-0.4, -0.2) is 23.7 Å². The second-order valence-electron chi connectivity index (χ2n) is 5.20. The molecule has 1 aromatic carbocycles. The molecule has 9 heteroatoms. The van der Waals surface area contributed by atoms with Crippen LogP contribution in [0.4, 0.5) is 26.3 Å². The summed E-state index contributed by atoms with van der Waals surface area (Å²) in [6.45, 7) is 0.283. The number of pyridine rings is 1. The third-order valence-corrected chi connectivity index (χ3v) is 3.49. The number of aromatic nitrogens is 1. The van der Waals surface area contributed by atoms with Gasteiger partial charge < -0.3 is 10.4 Å². The number of nitrogens with one attached hydrogen (secondary N) is 1. The van der Waals surface area contributed by atoms with Gasteiger partial charge in [0, 0.05) is 5.39 Å². The molecule has 0 saturated heterocycles. The summed E-state index contributed by atoms with van der Waals surface area (Å²) < 4.78 is 78.3. The van der Waals surface area contributed by atoms with Crippen molar-refractivity contribution in [3.05, 3.63) is 41.1 Å². The van der Waals surface area contributed by atoms with Gasteiger partial charge in [-0.1, -0.05) is 12.1 Å². The van der Waals surface area contributed by atoms with Gasteiger partial charge in [-0.25, -0.2) is 4.98 Å². The molecule has 1 aromatic heterocycles. The Hall–Kier alpha value is -1.87. The van der Waals surface area contributed by atoms with Gasteiger partial charge in [0.2, 0.25) is 0 Å². The van der Waals surface area contributed by atoms with Crippen LogP contribution in [-0.2, 0) is 12.4 Å². The monoisotopic (exact) mass is 352 g/mol. The summed E-state index contributed by atoms with van der Waals surface area (Å²) in [5, 5.41) is 12.7. The fourth-order valence-corrected chi connectivity index (χ4v) is 2.36. The van der Waals surface area contributed by atoms with Crippen molar-refractivity contribution in [1.29, 1.82) is 0 Å². The molecule has 0 aliphatic carbocycles. The lowest BCUT2D eigenvalue weighted by molar-refractivity contribution is -0.142. The van der Waals surface area contributed by atoms with Crippen LogP contribution in [0.2, 0.25) is 0 Å². The lowest BCUT2D eigenvalue weighted by Gasteiger charge is -2.18. The molecule has 0 fully saturated rings. The van der Waals surface area contributed by atoms with Gasteiger partial charge in [0.15, 0.2) is 0 Å². The Balaban J connectivity index is 2.76. The van der Waals surface area contributed by atoms with Gasteiger partial charge in [-0.3, -0.25) is 0 Å². The molecule has 1 heterocycles. The molecule has 2 aromatic rings. The van der Waals surface area contributed by atoms with Gasteiger partial charge in [-0.05, 0) is 37.7 Å². The van der Waals surface area contributed by atoms with Gasteiger partial charge >= 0.3 is 12.4 Å². The number of hydrogen-bond acceptors (Lipinski definition) is 3. The van der Waals surface area contributed by atoms with Crippen LogP contribution in [0.3, 0.4) is 0 Å². The van der Waals surface area contributed by atoms with E-state index in [9.17, 15) is 31.4 Å². The quantitative estimate of drug-likeness (QED) is 0.820. The van der Waals surface area contributed by atoms with Gasteiger partial charge in [0.1, 0.15) is 5.69 Å². The number of para-hydroxylation sites is 1. The Morgan fingerprint density at radius 1 is 1.12 bits per heavy atom. The average molecular weight is 352 g/mol. The van der Waals surface area contributed by atoms with Crippen molar-refractivity contribution < 1.29 is 31.4 Å². The molecule has 0 saturated carbocycles. The standard InChI is InChI=1S/C15H14F6N2O/c1-22-6-5-11(24)9-7-12(15(19,20)21)23-13-8(9)3-2-4-10(13)14(16,17)18/h2-4,7,11,22,24H,5-6H2,1H3/t11-/m1/s1. The Morgan fingerprint density at radius 2 is 1.79 bits per heavy atom. The van der Waals surface area contributed by atoms with Gasteiger partial charge in [-0.15, -0.1) is 0 Å². The van der Waals surface area contributed by atoms with Gasteiger partial charge in [-0.2, -0.15) is 26.3 Å². The van der Waals surface area contributed by atoms with Crippen molar-refractivity contribution in [2.24, 2.45) is 0 Å². The van der Waals surface area contributed by atoms with Crippen LogP contribution >= 0.6 is 0 Å². The second-order valence-corrected chi connectivity index (χ2v) is 5.20. The molecule has 0 bridgehead atoms. The number of aliphatic hydroxyl groups excluding tert-OH is 1. The molecule has 2 N–H and O–H groups in total. The highest BCUT2D eigenvalue weighted by Gasteiger charge is 2.37. The van der Waals surface area contributed by atoms with E-state index in [0.29, 0.717) is 12.1 Å². The fourth-order valence-electron chi connectivity index (χ4n) is 2.36. The normalized spacial score (nSPS) is 14.2. The highest BCUT2D eigenvalue weighted by molar-refractivity contribution is 5.86. The molecule has 1 atom stereocenters. The second kappa shape index (κ2) is 6.56. The Bertz CT molecular complexity index is 726. The van der Waals surface area contributed by atoms with E-state index >= 15 is 0 Å². The third kappa shape index (κ3) is 3.78. The number of aliphatic hydroxyl groups is 1. The minimum absolute atomic E-state index is 0.0448. The molecule has 2 rings (SSSR count). The minimum atomic E-state index is -4.93. The SMILES string of the molecule is CNCC[C@@H](O)c1cc(C(F)(F)F)nc2c(C(F)(F)F)cccc12. The van der Waals surface area contributed by atoms with E-state index in [1.165, 1.54) is 6.07 Å². The van der Waals surface area contributed by atoms with Gasteiger partial charge in [0.25, 0.3) is 0 Å². The number of hydrogen-bond donors (Lipinski definition) is 2. The first-order valence-corrected chi connectivity index (χ1v) is 6.96. The Kier molecular flexibility index (Phi) is 5.05. The van der Waals surface area contributed by atoms with E-state index in [4.69, 9.17) is 0 Å². The molecule has 0 spiro atoms. The Morgan fingerprint density at radius 3 is 2.33 bits per heavy atom.